The third-order valence-electron chi connectivity index (χ3n) is 3.60. The smallest absolute Gasteiger partial charge is 0.123 e. The van der Waals surface area contributed by atoms with Gasteiger partial charge in [-0.2, -0.15) is 0 Å². The molecule has 0 amide bonds. The summed E-state index contributed by atoms with van der Waals surface area (Å²) in [6, 6.07) is 0. The fourth-order valence-electron chi connectivity index (χ4n) is 2.67. The molecule has 0 atom stereocenters. The molecule has 1 N–H and O–H groups in total. The van der Waals surface area contributed by atoms with E-state index in [-0.39, 0.29) is 0 Å². The minimum absolute atomic E-state index is 0.379. The second-order valence-electron chi connectivity index (χ2n) is 4.86. The zero-order valence-electron chi connectivity index (χ0n) is 12.4. The molecule has 1 aromatic carbocycles. The SMILES string of the molecule is C=CCc1c(C)c(CC=C)c(CC=C)c(O)c1CC=C. The molecule has 1 aromatic rings. The Balaban J connectivity index is 3.66. The normalized spacial score (nSPS) is 10.1. The zero-order chi connectivity index (χ0) is 15.1. The number of phenolic OH excluding ortho intramolecular Hbond substituents is 1. The van der Waals surface area contributed by atoms with Crippen LogP contribution in [0.25, 0.3) is 0 Å². The molecule has 0 aliphatic rings. The third kappa shape index (κ3) is 3.11. The maximum atomic E-state index is 10.6. The number of phenols is 1. The quantitative estimate of drug-likeness (QED) is 0.682. The van der Waals surface area contributed by atoms with Crippen molar-refractivity contribution in [1.29, 1.82) is 0 Å². The van der Waals surface area contributed by atoms with Crippen molar-refractivity contribution in [3.8, 4) is 5.75 Å². The molecule has 0 saturated heterocycles. The number of rotatable bonds is 8. The topological polar surface area (TPSA) is 20.2 Å². The van der Waals surface area contributed by atoms with Crippen LogP contribution in [0.5, 0.6) is 5.75 Å². The van der Waals surface area contributed by atoms with Crippen molar-refractivity contribution >= 4 is 0 Å². The third-order valence-corrected chi connectivity index (χ3v) is 3.60. The molecule has 0 aliphatic heterocycles. The standard InChI is InChI=1S/C19H24O/c1-6-10-15-14(5)16(11-7-2)18(13-9-4)19(20)17(15)12-8-3/h6-9,20H,1-4,10-13H2,5H3. The van der Waals surface area contributed by atoms with Gasteiger partial charge in [0, 0.05) is 11.1 Å². The molecule has 0 aliphatic carbocycles. The lowest BCUT2D eigenvalue weighted by molar-refractivity contribution is 0.462. The van der Waals surface area contributed by atoms with E-state index in [0.29, 0.717) is 18.6 Å². The Morgan fingerprint density at radius 2 is 1.00 bits per heavy atom. The molecule has 20 heavy (non-hydrogen) atoms. The molecule has 1 rings (SSSR count). The molecule has 0 radical (unpaired) electrons. The minimum atomic E-state index is 0.379. The van der Waals surface area contributed by atoms with Gasteiger partial charge in [0.15, 0.2) is 0 Å². The monoisotopic (exact) mass is 268 g/mol. The maximum absolute atomic E-state index is 10.6. The highest BCUT2D eigenvalue weighted by Crippen LogP contribution is 2.35. The van der Waals surface area contributed by atoms with Crippen LogP contribution >= 0.6 is 0 Å². The fourth-order valence-corrected chi connectivity index (χ4v) is 2.67. The molecular formula is C19H24O. The average Bonchev–Trinajstić information content (AvgIpc) is 2.44. The van der Waals surface area contributed by atoms with Crippen molar-refractivity contribution in [3.63, 3.8) is 0 Å². The molecule has 0 unspecified atom stereocenters. The van der Waals surface area contributed by atoms with Gasteiger partial charge in [-0.1, -0.05) is 24.3 Å². The van der Waals surface area contributed by atoms with E-state index in [2.05, 4.69) is 33.2 Å². The van der Waals surface area contributed by atoms with Gasteiger partial charge in [-0.25, -0.2) is 0 Å². The van der Waals surface area contributed by atoms with Gasteiger partial charge >= 0.3 is 0 Å². The Hall–Kier alpha value is -2.02. The Morgan fingerprint density at radius 3 is 1.30 bits per heavy atom. The Labute approximate surface area is 122 Å². The van der Waals surface area contributed by atoms with Crippen molar-refractivity contribution in [2.45, 2.75) is 32.6 Å². The Bertz CT molecular complexity index is 441. The van der Waals surface area contributed by atoms with E-state index in [0.717, 1.165) is 35.1 Å². The van der Waals surface area contributed by atoms with E-state index in [1.165, 1.54) is 5.56 Å². The van der Waals surface area contributed by atoms with E-state index < -0.39 is 0 Å². The van der Waals surface area contributed by atoms with Gasteiger partial charge in [-0.05, 0) is 49.3 Å². The number of hydrogen-bond donors (Lipinski definition) is 1. The second kappa shape index (κ2) is 7.54. The molecule has 0 saturated carbocycles. The highest BCUT2D eigenvalue weighted by atomic mass is 16.3. The first kappa shape index (κ1) is 16.0. The van der Waals surface area contributed by atoms with Crippen molar-refractivity contribution in [2.75, 3.05) is 0 Å². The van der Waals surface area contributed by atoms with Crippen LogP contribution in [0, 0.1) is 6.92 Å². The van der Waals surface area contributed by atoms with Crippen LogP contribution in [0.2, 0.25) is 0 Å². The number of allylic oxidation sites excluding steroid dienone is 4. The van der Waals surface area contributed by atoms with Crippen LogP contribution in [0.3, 0.4) is 0 Å². The summed E-state index contributed by atoms with van der Waals surface area (Å²) >= 11 is 0. The van der Waals surface area contributed by atoms with Gasteiger partial charge in [0.05, 0.1) is 0 Å². The largest absolute Gasteiger partial charge is 0.507 e. The highest BCUT2D eigenvalue weighted by molar-refractivity contribution is 5.57. The first-order chi connectivity index (χ1) is 9.62. The lowest BCUT2D eigenvalue weighted by Crippen LogP contribution is -2.06. The van der Waals surface area contributed by atoms with Crippen LogP contribution in [-0.2, 0) is 25.7 Å². The second-order valence-corrected chi connectivity index (χ2v) is 4.86. The predicted octanol–water partition coefficient (Wildman–Crippen LogP) is 4.61. The lowest BCUT2D eigenvalue weighted by atomic mass is 9.86. The number of aromatic hydroxyl groups is 1. The molecule has 0 spiro atoms. The molecule has 0 aromatic heterocycles. The van der Waals surface area contributed by atoms with E-state index in [1.54, 1.807) is 0 Å². The van der Waals surface area contributed by atoms with Gasteiger partial charge in [0.2, 0.25) is 0 Å². The summed E-state index contributed by atoms with van der Waals surface area (Å²) in [6.45, 7) is 17.3. The van der Waals surface area contributed by atoms with E-state index in [1.807, 2.05) is 24.3 Å². The van der Waals surface area contributed by atoms with Crippen LogP contribution in [0.4, 0.5) is 0 Å². The van der Waals surface area contributed by atoms with E-state index in [9.17, 15) is 5.11 Å². The van der Waals surface area contributed by atoms with Gasteiger partial charge < -0.3 is 5.11 Å². The Kier molecular flexibility index (Phi) is 6.05. The van der Waals surface area contributed by atoms with Crippen LogP contribution < -0.4 is 0 Å². The Morgan fingerprint density at radius 1 is 0.700 bits per heavy atom. The minimum Gasteiger partial charge on any atom is -0.507 e. The van der Waals surface area contributed by atoms with Gasteiger partial charge in [-0.3, -0.25) is 0 Å². The molecule has 1 heteroatoms. The maximum Gasteiger partial charge on any atom is 0.123 e. The molecule has 0 bridgehead atoms. The first-order valence-corrected chi connectivity index (χ1v) is 6.90. The van der Waals surface area contributed by atoms with Crippen LogP contribution in [0.15, 0.2) is 50.6 Å². The van der Waals surface area contributed by atoms with Gasteiger partial charge in [-0.15, -0.1) is 26.3 Å². The average molecular weight is 268 g/mol. The zero-order valence-corrected chi connectivity index (χ0v) is 12.4. The predicted molar refractivity (Wildman–Crippen MR) is 88.4 cm³/mol. The summed E-state index contributed by atoms with van der Waals surface area (Å²) in [6.07, 6.45) is 10.2. The van der Waals surface area contributed by atoms with E-state index in [4.69, 9.17) is 0 Å². The molecule has 0 heterocycles. The van der Waals surface area contributed by atoms with E-state index >= 15 is 0 Å². The van der Waals surface area contributed by atoms with Crippen molar-refractivity contribution in [3.05, 3.63) is 78.4 Å². The summed E-state index contributed by atoms with van der Waals surface area (Å²) in [5.74, 6) is 0.379. The van der Waals surface area contributed by atoms with Crippen molar-refractivity contribution in [2.24, 2.45) is 0 Å². The molecule has 0 fully saturated rings. The summed E-state index contributed by atoms with van der Waals surface area (Å²) in [5, 5.41) is 10.6. The van der Waals surface area contributed by atoms with Gasteiger partial charge in [0.1, 0.15) is 5.75 Å². The number of benzene rings is 1. The van der Waals surface area contributed by atoms with Crippen molar-refractivity contribution < 1.29 is 5.11 Å². The summed E-state index contributed by atoms with van der Waals surface area (Å²) < 4.78 is 0. The molecule has 106 valence electrons. The molecule has 1 nitrogen and oxygen atoms in total. The van der Waals surface area contributed by atoms with Crippen LogP contribution in [0.1, 0.15) is 27.8 Å². The molecular weight excluding hydrogens is 244 g/mol. The van der Waals surface area contributed by atoms with Gasteiger partial charge in [0.25, 0.3) is 0 Å². The van der Waals surface area contributed by atoms with Crippen molar-refractivity contribution in [1.82, 2.24) is 0 Å². The van der Waals surface area contributed by atoms with Crippen LogP contribution in [-0.4, -0.2) is 5.11 Å². The fraction of sp³-hybridized carbons (Fsp3) is 0.263. The summed E-state index contributed by atoms with van der Waals surface area (Å²) in [4.78, 5) is 0. The first-order valence-electron chi connectivity index (χ1n) is 6.90. The highest BCUT2D eigenvalue weighted by Gasteiger charge is 2.18. The summed E-state index contributed by atoms with van der Waals surface area (Å²) in [7, 11) is 0. The summed E-state index contributed by atoms with van der Waals surface area (Å²) in [5.41, 5.74) is 5.45. The number of hydrogen-bond acceptors (Lipinski definition) is 1. The lowest BCUT2D eigenvalue weighted by Gasteiger charge is -2.21.